The Labute approximate surface area is 207 Å². The van der Waals surface area contributed by atoms with Crippen LogP contribution in [0.5, 0.6) is 0 Å². The van der Waals surface area contributed by atoms with E-state index in [0.29, 0.717) is 32.9 Å². The number of hydrogen-bond acceptors (Lipinski definition) is 9. The molecule has 4 rings (SSSR count). The van der Waals surface area contributed by atoms with Gasteiger partial charge in [0.15, 0.2) is 0 Å². The second kappa shape index (κ2) is 13.7. The molecule has 2 aliphatic heterocycles. The van der Waals surface area contributed by atoms with E-state index >= 15 is 0 Å². The number of aromatic nitrogens is 1. The van der Waals surface area contributed by atoms with Crippen LogP contribution < -0.4 is 4.90 Å². The van der Waals surface area contributed by atoms with Crippen LogP contribution in [0.1, 0.15) is 5.56 Å². The van der Waals surface area contributed by atoms with Gasteiger partial charge >= 0.3 is 0 Å². The number of anilines is 1. The Balaban J connectivity index is 1.55. The van der Waals surface area contributed by atoms with E-state index in [2.05, 4.69) is 38.6 Å². The number of nitrogens with zero attached hydrogens (tertiary/aromatic N) is 4. The van der Waals surface area contributed by atoms with Crippen LogP contribution in [0.2, 0.25) is 0 Å². The lowest BCUT2D eigenvalue weighted by Crippen LogP contribution is -2.43. The zero-order chi connectivity index (χ0) is 24.3. The van der Waals surface area contributed by atoms with E-state index in [1.165, 1.54) is 0 Å². The van der Waals surface area contributed by atoms with Gasteiger partial charge < -0.3 is 28.7 Å². The van der Waals surface area contributed by atoms with Crippen LogP contribution in [0.4, 0.5) is 5.88 Å². The quantitative estimate of drug-likeness (QED) is 0.337. The molecule has 0 aliphatic carbocycles. The van der Waals surface area contributed by atoms with Crippen molar-refractivity contribution in [2.45, 2.75) is 12.6 Å². The van der Waals surface area contributed by atoms with Crippen molar-refractivity contribution < 1.29 is 23.8 Å². The van der Waals surface area contributed by atoms with Gasteiger partial charge in [0.1, 0.15) is 5.69 Å². The van der Waals surface area contributed by atoms with Gasteiger partial charge in [-0.3, -0.25) is 9.80 Å². The molecule has 2 aliphatic rings. The first-order valence-electron chi connectivity index (χ1n) is 12.5. The van der Waals surface area contributed by atoms with Crippen LogP contribution in [-0.4, -0.2) is 112 Å². The summed E-state index contributed by atoms with van der Waals surface area (Å²) in [5, 5.41) is 15.2. The van der Waals surface area contributed by atoms with Gasteiger partial charge in [-0.2, -0.15) is 0 Å². The second-order valence-corrected chi connectivity index (χ2v) is 8.95. The van der Waals surface area contributed by atoms with Gasteiger partial charge in [0.2, 0.25) is 5.88 Å². The van der Waals surface area contributed by atoms with Gasteiger partial charge in [0, 0.05) is 57.9 Å². The number of benzene rings is 1. The summed E-state index contributed by atoms with van der Waals surface area (Å²) in [5.41, 5.74) is 2.91. The van der Waals surface area contributed by atoms with E-state index in [-0.39, 0.29) is 6.61 Å². The standard InChI is InChI=1S/C26H38N4O5/c1-2-14-34-21-23(31)19-29(9-8-28-10-15-32-16-11-28)20-24-25(22-6-4-3-5-7-22)27-35-26(24)30-12-17-33-18-13-30/h2-7,23,31H,1,8-21H2. The molecule has 192 valence electrons. The highest BCUT2D eigenvalue weighted by Crippen LogP contribution is 2.33. The number of morpholine rings is 2. The lowest BCUT2D eigenvalue weighted by atomic mass is 10.1. The predicted octanol–water partition coefficient (Wildman–Crippen LogP) is 1.88. The molecule has 2 aromatic rings. The zero-order valence-corrected chi connectivity index (χ0v) is 20.5. The van der Waals surface area contributed by atoms with Gasteiger partial charge in [-0.05, 0) is 0 Å². The fourth-order valence-corrected chi connectivity index (χ4v) is 4.49. The first-order chi connectivity index (χ1) is 17.2. The van der Waals surface area contributed by atoms with Crippen molar-refractivity contribution in [3.63, 3.8) is 0 Å². The van der Waals surface area contributed by atoms with E-state index in [4.69, 9.17) is 18.7 Å². The smallest absolute Gasteiger partial charge is 0.232 e. The molecule has 2 saturated heterocycles. The van der Waals surface area contributed by atoms with Crippen LogP contribution in [0.15, 0.2) is 47.5 Å². The van der Waals surface area contributed by atoms with E-state index < -0.39 is 6.10 Å². The molecular formula is C26H38N4O5. The van der Waals surface area contributed by atoms with Crippen LogP contribution in [0, 0.1) is 0 Å². The van der Waals surface area contributed by atoms with E-state index in [0.717, 1.165) is 75.2 Å². The van der Waals surface area contributed by atoms with E-state index in [1.807, 2.05) is 18.2 Å². The van der Waals surface area contributed by atoms with Crippen LogP contribution in [0.3, 0.4) is 0 Å². The summed E-state index contributed by atoms with van der Waals surface area (Å²) in [5.74, 6) is 0.793. The fraction of sp³-hybridized carbons (Fsp3) is 0.577. The van der Waals surface area contributed by atoms with Gasteiger partial charge in [-0.1, -0.05) is 41.6 Å². The fourth-order valence-electron chi connectivity index (χ4n) is 4.49. The Morgan fingerprint density at radius 1 is 1.09 bits per heavy atom. The molecule has 0 bridgehead atoms. The number of aliphatic hydroxyl groups excluding tert-OH is 1. The van der Waals surface area contributed by atoms with E-state index in [9.17, 15) is 5.11 Å². The van der Waals surface area contributed by atoms with Crippen LogP contribution >= 0.6 is 0 Å². The predicted molar refractivity (Wildman–Crippen MR) is 135 cm³/mol. The van der Waals surface area contributed by atoms with Crippen LogP contribution in [-0.2, 0) is 20.8 Å². The van der Waals surface area contributed by atoms with Gasteiger partial charge in [-0.25, -0.2) is 0 Å². The van der Waals surface area contributed by atoms with E-state index in [1.54, 1.807) is 6.08 Å². The molecule has 0 amide bonds. The molecule has 0 saturated carbocycles. The molecule has 9 heteroatoms. The first-order valence-corrected chi connectivity index (χ1v) is 12.5. The molecule has 0 radical (unpaired) electrons. The SMILES string of the molecule is C=CCOCC(O)CN(CCN1CCOCC1)Cc1c(-c2ccccc2)noc1N1CCOCC1. The zero-order valence-electron chi connectivity index (χ0n) is 20.5. The molecule has 1 atom stereocenters. The average molecular weight is 487 g/mol. The Bertz CT molecular complexity index is 881. The lowest BCUT2D eigenvalue weighted by molar-refractivity contribution is 0.0128. The number of aliphatic hydroxyl groups is 1. The summed E-state index contributed by atoms with van der Waals surface area (Å²) in [6.45, 7) is 13.5. The molecule has 1 N–H and O–H groups in total. The molecule has 0 spiro atoms. The minimum atomic E-state index is -0.605. The Hall–Kier alpha value is -2.27. The minimum absolute atomic E-state index is 0.269. The highest BCUT2D eigenvalue weighted by Gasteiger charge is 2.26. The maximum Gasteiger partial charge on any atom is 0.232 e. The number of hydrogen-bond donors (Lipinski definition) is 1. The van der Waals surface area contributed by atoms with Gasteiger partial charge in [-0.15, -0.1) is 6.58 Å². The normalized spacial score (nSPS) is 18.2. The summed E-state index contributed by atoms with van der Waals surface area (Å²) < 4.78 is 22.5. The third-order valence-electron chi connectivity index (χ3n) is 6.35. The molecular weight excluding hydrogens is 448 g/mol. The van der Waals surface area contributed by atoms with Crippen molar-refractivity contribution in [3.05, 3.63) is 48.6 Å². The summed E-state index contributed by atoms with van der Waals surface area (Å²) in [4.78, 5) is 6.90. The molecule has 3 heterocycles. The molecule has 35 heavy (non-hydrogen) atoms. The van der Waals surface area contributed by atoms with Crippen molar-refractivity contribution in [2.75, 3.05) is 90.4 Å². The molecule has 1 unspecified atom stereocenters. The second-order valence-electron chi connectivity index (χ2n) is 8.95. The number of rotatable bonds is 13. The Kier molecular flexibility index (Phi) is 10.1. The Morgan fingerprint density at radius 2 is 1.80 bits per heavy atom. The third-order valence-corrected chi connectivity index (χ3v) is 6.35. The average Bonchev–Trinajstić information content (AvgIpc) is 3.32. The van der Waals surface area contributed by atoms with Crippen molar-refractivity contribution in [3.8, 4) is 11.3 Å². The highest BCUT2D eigenvalue weighted by molar-refractivity contribution is 5.68. The first kappa shape index (κ1) is 25.8. The third kappa shape index (κ3) is 7.60. The van der Waals surface area contributed by atoms with Crippen molar-refractivity contribution in [1.29, 1.82) is 0 Å². The largest absolute Gasteiger partial charge is 0.389 e. The van der Waals surface area contributed by atoms with Gasteiger partial charge in [0.25, 0.3) is 0 Å². The summed E-state index contributed by atoms with van der Waals surface area (Å²) in [6.07, 6.45) is 1.09. The van der Waals surface area contributed by atoms with Crippen molar-refractivity contribution in [2.24, 2.45) is 0 Å². The van der Waals surface area contributed by atoms with Crippen molar-refractivity contribution >= 4 is 5.88 Å². The molecule has 1 aromatic heterocycles. The topological polar surface area (TPSA) is 83.7 Å². The molecule has 9 nitrogen and oxygen atoms in total. The highest BCUT2D eigenvalue weighted by atomic mass is 16.5. The van der Waals surface area contributed by atoms with Crippen LogP contribution in [0.25, 0.3) is 11.3 Å². The Morgan fingerprint density at radius 3 is 2.51 bits per heavy atom. The molecule has 2 fully saturated rings. The summed E-state index contributed by atoms with van der Waals surface area (Å²) in [6, 6.07) is 10.1. The lowest BCUT2D eigenvalue weighted by Gasteiger charge is -2.32. The maximum absolute atomic E-state index is 10.7. The monoisotopic (exact) mass is 486 g/mol. The molecule has 1 aromatic carbocycles. The minimum Gasteiger partial charge on any atom is -0.389 e. The summed E-state index contributed by atoms with van der Waals surface area (Å²) in [7, 11) is 0. The van der Waals surface area contributed by atoms with Gasteiger partial charge in [0.05, 0.1) is 51.3 Å². The van der Waals surface area contributed by atoms with Crippen molar-refractivity contribution in [1.82, 2.24) is 15.0 Å². The number of ether oxygens (including phenoxy) is 3. The summed E-state index contributed by atoms with van der Waals surface area (Å²) >= 11 is 0. The maximum atomic E-state index is 10.7.